The van der Waals surface area contributed by atoms with Crippen molar-refractivity contribution in [3.05, 3.63) is 17.3 Å². The van der Waals surface area contributed by atoms with Crippen LogP contribution < -0.4 is 5.32 Å². The third kappa shape index (κ3) is 3.86. The number of aromatic nitrogens is 3. The quantitative estimate of drug-likeness (QED) is 0.833. The molecule has 1 amide bonds. The standard InChI is InChI=1S/C13H17ClN4OS/c1-4-13(2,3)18-10(19)7-20-12-16-9-5-8(14)6-15-11(9)17-12/h5-6H,4,7H2,1-3H3,(H,18,19)(H,15,16,17). The van der Waals surface area contributed by atoms with Crippen molar-refractivity contribution in [3.63, 3.8) is 0 Å². The summed E-state index contributed by atoms with van der Waals surface area (Å²) >= 11 is 7.21. The highest BCUT2D eigenvalue weighted by Crippen LogP contribution is 2.20. The molecule has 2 aromatic heterocycles. The van der Waals surface area contributed by atoms with E-state index in [9.17, 15) is 4.79 Å². The Balaban J connectivity index is 1.97. The third-order valence-electron chi connectivity index (χ3n) is 2.98. The summed E-state index contributed by atoms with van der Waals surface area (Å²) in [5, 5.41) is 4.20. The van der Waals surface area contributed by atoms with E-state index in [1.807, 2.05) is 20.8 Å². The smallest absolute Gasteiger partial charge is 0.230 e. The molecule has 0 aliphatic rings. The molecule has 2 rings (SSSR count). The number of imidazole rings is 1. The van der Waals surface area contributed by atoms with Crippen molar-refractivity contribution >= 4 is 40.4 Å². The summed E-state index contributed by atoms with van der Waals surface area (Å²) < 4.78 is 0. The van der Waals surface area contributed by atoms with E-state index in [1.165, 1.54) is 11.8 Å². The van der Waals surface area contributed by atoms with Gasteiger partial charge in [0, 0.05) is 11.7 Å². The molecule has 0 radical (unpaired) electrons. The second kappa shape index (κ2) is 6.01. The largest absolute Gasteiger partial charge is 0.351 e. The molecule has 2 N–H and O–H groups in total. The lowest BCUT2D eigenvalue weighted by molar-refractivity contribution is -0.120. The first-order valence-electron chi connectivity index (χ1n) is 6.35. The van der Waals surface area contributed by atoms with Gasteiger partial charge in [-0.3, -0.25) is 4.79 Å². The summed E-state index contributed by atoms with van der Waals surface area (Å²) in [4.78, 5) is 23.4. The Morgan fingerprint density at radius 1 is 1.55 bits per heavy atom. The minimum Gasteiger partial charge on any atom is -0.351 e. The zero-order valence-corrected chi connectivity index (χ0v) is 13.2. The molecule has 0 unspecified atom stereocenters. The molecule has 0 aromatic carbocycles. The molecule has 0 fully saturated rings. The number of nitrogens with zero attached hydrogens (tertiary/aromatic N) is 2. The van der Waals surface area contributed by atoms with Crippen LogP contribution in [0, 0.1) is 0 Å². The molecule has 2 heterocycles. The van der Waals surface area contributed by atoms with E-state index in [-0.39, 0.29) is 11.4 Å². The molecule has 0 saturated carbocycles. The lowest BCUT2D eigenvalue weighted by Gasteiger charge is -2.24. The van der Waals surface area contributed by atoms with E-state index in [2.05, 4.69) is 20.3 Å². The zero-order valence-electron chi connectivity index (χ0n) is 11.7. The predicted molar refractivity (Wildman–Crippen MR) is 82.1 cm³/mol. The van der Waals surface area contributed by atoms with E-state index in [0.717, 1.165) is 11.9 Å². The first-order chi connectivity index (χ1) is 9.39. The van der Waals surface area contributed by atoms with Gasteiger partial charge in [-0.2, -0.15) is 0 Å². The number of aromatic amines is 1. The predicted octanol–water partition coefficient (Wildman–Crippen LogP) is 3.01. The summed E-state index contributed by atoms with van der Waals surface area (Å²) in [5.41, 5.74) is 1.20. The normalized spacial score (nSPS) is 11.8. The van der Waals surface area contributed by atoms with Gasteiger partial charge < -0.3 is 10.3 Å². The molecule has 20 heavy (non-hydrogen) atoms. The van der Waals surface area contributed by atoms with Gasteiger partial charge in [0.05, 0.1) is 16.3 Å². The second-order valence-electron chi connectivity index (χ2n) is 5.14. The number of H-pyrrole nitrogens is 1. The lowest BCUT2D eigenvalue weighted by Crippen LogP contribution is -2.43. The summed E-state index contributed by atoms with van der Waals surface area (Å²) in [6.45, 7) is 6.05. The van der Waals surface area contributed by atoms with E-state index >= 15 is 0 Å². The second-order valence-corrected chi connectivity index (χ2v) is 6.54. The van der Waals surface area contributed by atoms with Gasteiger partial charge in [-0.1, -0.05) is 30.3 Å². The molecule has 0 aliphatic heterocycles. The van der Waals surface area contributed by atoms with Gasteiger partial charge in [-0.05, 0) is 26.3 Å². The van der Waals surface area contributed by atoms with Crippen molar-refractivity contribution in [3.8, 4) is 0 Å². The Labute approximate surface area is 126 Å². The van der Waals surface area contributed by atoms with E-state index in [1.54, 1.807) is 12.3 Å². The number of thioether (sulfide) groups is 1. The third-order valence-corrected chi connectivity index (χ3v) is 4.06. The first-order valence-corrected chi connectivity index (χ1v) is 7.71. The highest BCUT2D eigenvalue weighted by molar-refractivity contribution is 7.99. The van der Waals surface area contributed by atoms with Crippen molar-refractivity contribution in [1.82, 2.24) is 20.3 Å². The molecular weight excluding hydrogens is 296 g/mol. The van der Waals surface area contributed by atoms with Crippen molar-refractivity contribution in [2.45, 2.75) is 37.9 Å². The molecule has 0 saturated heterocycles. The Bertz CT molecular complexity index is 626. The number of pyridine rings is 1. The van der Waals surface area contributed by atoms with Crippen molar-refractivity contribution in [1.29, 1.82) is 0 Å². The first kappa shape index (κ1) is 15.1. The van der Waals surface area contributed by atoms with Crippen molar-refractivity contribution in [2.75, 3.05) is 5.75 Å². The number of hydrogen-bond acceptors (Lipinski definition) is 4. The summed E-state index contributed by atoms with van der Waals surface area (Å²) in [5.74, 6) is 0.310. The number of hydrogen-bond donors (Lipinski definition) is 2. The molecule has 108 valence electrons. The summed E-state index contributed by atoms with van der Waals surface area (Å²) in [6.07, 6.45) is 2.44. The van der Waals surface area contributed by atoms with Crippen LogP contribution in [0.2, 0.25) is 5.02 Å². The average Bonchev–Trinajstić information content (AvgIpc) is 2.78. The fourth-order valence-electron chi connectivity index (χ4n) is 1.56. The van der Waals surface area contributed by atoms with Crippen LogP contribution in [0.15, 0.2) is 17.4 Å². The number of carbonyl (C=O) groups is 1. The maximum Gasteiger partial charge on any atom is 0.230 e. The maximum atomic E-state index is 11.8. The van der Waals surface area contributed by atoms with Crippen LogP contribution in [0.1, 0.15) is 27.2 Å². The highest BCUT2D eigenvalue weighted by atomic mass is 35.5. The number of fused-ring (bicyclic) bond motifs is 1. The van der Waals surface area contributed by atoms with Crippen LogP contribution in [-0.2, 0) is 4.79 Å². The Morgan fingerprint density at radius 2 is 2.30 bits per heavy atom. The lowest BCUT2D eigenvalue weighted by atomic mass is 10.0. The van der Waals surface area contributed by atoms with Crippen molar-refractivity contribution < 1.29 is 4.79 Å². The summed E-state index contributed by atoms with van der Waals surface area (Å²) in [7, 11) is 0. The zero-order chi connectivity index (χ0) is 14.8. The fraction of sp³-hybridized carbons (Fsp3) is 0.462. The van der Waals surface area contributed by atoms with Gasteiger partial charge in [0.25, 0.3) is 0 Å². The molecule has 0 aliphatic carbocycles. The van der Waals surface area contributed by atoms with Crippen LogP contribution in [0.3, 0.4) is 0 Å². The summed E-state index contributed by atoms with van der Waals surface area (Å²) in [6, 6.07) is 1.77. The number of halogens is 1. The molecule has 7 heteroatoms. The van der Waals surface area contributed by atoms with Crippen LogP contribution in [-0.4, -0.2) is 32.2 Å². The topological polar surface area (TPSA) is 70.7 Å². The van der Waals surface area contributed by atoms with Crippen LogP contribution in [0.5, 0.6) is 0 Å². The number of rotatable bonds is 5. The maximum absolute atomic E-state index is 11.8. The van der Waals surface area contributed by atoms with Gasteiger partial charge in [-0.15, -0.1) is 0 Å². The number of carbonyl (C=O) groups excluding carboxylic acids is 1. The molecule has 0 bridgehead atoms. The van der Waals surface area contributed by atoms with Gasteiger partial charge in [0.2, 0.25) is 5.91 Å². The van der Waals surface area contributed by atoms with Crippen LogP contribution >= 0.6 is 23.4 Å². The minimum atomic E-state index is -0.180. The molecule has 2 aromatic rings. The minimum absolute atomic E-state index is 0.00621. The van der Waals surface area contributed by atoms with Crippen LogP contribution in [0.4, 0.5) is 0 Å². The SMILES string of the molecule is CCC(C)(C)NC(=O)CSc1nc2ncc(Cl)cc2[nH]1. The number of nitrogens with one attached hydrogen (secondary N) is 2. The van der Waals surface area contributed by atoms with Gasteiger partial charge in [0.15, 0.2) is 10.8 Å². The Hall–Kier alpha value is -1.27. The van der Waals surface area contributed by atoms with Crippen molar-refractivity contribution in [2.24, 2.45) is 0 Å². The van der Waals surface area contributed by atoms with E-state index in [4.69, 9.17) is 11.6 Å². The van der Waals surface area contributed by atoms with Crippen LogP contribution in [0.25, 0.3) is 11.2 Å². The molecule has 5 nitrogen and oxygen atoms in total. The molecule has 0 atom stereocenters. The van der Waals surface area contributed by atoms with E-state index < -0.39 is 0 Å². The average molecular weight is 313 g/mol. The Morgan fingerprint density at radius 3 is 3.00 bits per heavy atom. The van der Waals surface area contributed by atoms with E-state index in [0.29, 0.717) is 21.6 Å². The molecule has 0 spiro atoms. The fourth-order valence-corrected chi connectivity index (χ4v) is 2.39. The monoisotopic (exact) mass is 312 g/mol. The molecular formula is C13H17ClN4OS. The highest BCUT2D eigenvalue weighted by Gasteiger charge is 2.18. The Kier molecular flexibility index (Phi) is 4.55. The van der Waals surface area contributed by atoms with Gasteiger partial charge in [0.1, 0.15) is 0 Å². The van der Waals surface area contributed by atoms with Gasteiger partial charge >= 0.3 is 0 Å². The number of amides is 1. The van der Waals surface area contributed by atoms with Gasteiger partial charge in [-0.25, -0.2) is 9.97 Å².